The lowest BCUT2D eigenvalue weighted by atomic mass is 9.92. The number of H-pyrrole nitrogens is 1. The fourth-order valence-corrected chi connectivity index (χ4v) is 4.88. The van der Waals surface area contributed by atoms with Crippen LogP contribution in [0.15, 0.2) is 36.9 Å². The lowest BCUT2D eigenvalue weighted by Gasteiger charge is -2.33. The largest absolute Gasteiger partial charge is 0.393 e. The number of nitrogens with zero attached hydrogens (tertiary/aromatic N) is 5. The van der Waals surface area contributed by atoms with Crippen LogP contribution in [0.25, 0.3) is 0 Å². The van der Waals surface area contributed by atoms with E-state index in [1.54, 1.807) is 24.8 Å². The maximum Gasteiger partial charge on any atom is 0.239 e. The Morgan fingerprint density at radius 2 is 2.12 bits per heavy atom. The number of carbonyl (C=O) groups excluding carboxylic acids is 1. The SMILES string of the molecule is O=C1N([C@@H]2CCC[C@@H](O)C2)c2nc(Nc3cn[nH]c3C#Cc3cccnc3)ncc2C12CC2. The predicted octanol–water partition coefficient (Wildman–Crippen LogP) is 2.42. The van der Waals surface area contributed by atoms with Gasteiger partial charge in [0, 0.05) is 35.8 Å². The van der Waals surface area contributed by atoms with Crippen molar-refractivity contribution in [2.75, 3.05) is 10.2 Å². The summed E-state index contributed by atoms with van der Waals surface area (Å²) in [6.45, 7) is 0. The van der Waals surface area contributed by atoms with Crippen LogP contribution in [0.5, 0.6) is 0 Å². The molecule has 0 radical (unpaired) electrons. The number of aromatic nitrogens is 5. The molecule has 2 fully saturated rings. The number of pyridine rings is 1. The van der Waals surface area contributed by atoms with Crippen LogP contribution in [0.1, 0.15) is 55.3 Å². The van der Waals surface area contributed by atoms with E-state index >= 15 is 0 Å². The van der Waals surface area contributed by atoms with Crippen molar-refractivity contribution in [3.8, 4) is 11.8 Å². The summed E-state index contributed by atoms with van der Waals surface area (Å²) in [6.07, 6.45) is 11.2. The van der Waals surface area contributed by atoms with E-state index in [0.717, 1.165) is 43.2 Å². The number of anilines is 3. The first-order valence-electron chi connectivity index (χ1n) is 11.3. The molecule has 33 heavy (non-hydrogen) atoms. The molecule has 3 N–H and O–H groups in total. The van der Waals surface area contributed by atoms with Gasteiger partial charge in [0.15, 0.2) is 0 Å². The van der Waals surface area contributed by atoms with Crippen molar-refractivity contribution in [2.45, 2.75) is 56.1 Å². The van der Waals surface area contributed by atoms with Crippen molar-refractivity contribution in [1.82, 2.24) is 25.1 Å². The maximum absolute atomic E-state index is 13.4. The van der Waals surface area contributed by atoms with Gasteiger partial charge in [0.25, 0.3) is 0 Å². The molecule has 6 rings (SSSR count). The molecule has 2 aliphatic carbocycles. The van der Waals surface area contributed by atoms with Crippen molar-refractivity contribution in [2.24, 2.45) is 0 Å². The zero-order valence-corrected chi connectivity index (χ0v) is 18.0. The van der Waals surface area contributed by atoms with Crippen molar-refractivity contribution in [1.29, 1.82) is 0 Å². The van der Waals surface area contributed by atoms with Gasteiger partial charge in [-0.15, -0.1) is 0 Å². The van der Waals surface area contributed by atoms with E-state index in [-0.39, 0.29) is 18.1 Å². The van der Waals surface area contributed by atoms with E-state index in [1.807, 2.05) is 17.0 Å². The summed E-state index contributed by atoms with van der Waals surface area (Å²) in [4.78, 5) is 28.5. The summed E-state index contributed by atoms with van der Waals surface area (Å²) in [5.74, 6) is 7.27. The Morgan fingerprint density at radius 3 is 2.91 bits per heavy atom. The normalized spacial score (nSPS) is 22.6. The zero-order valence-electron chi connectivity index (χ0n) is 18.0. The highest BCUT2D eigenvalue weighted by molar-refractivity contribution is 6.09. The molecule has 9 nitrogen and oxygen atoms in total. The molecule has 2 atom stereocenters. The summed E-state index contributed by atoms with van der Waals surface area (Å²) in [5, 5.41) is 20.4. The maximum atomic E-state index is 13.4. The zero-order chi connectivity index (χ0) is 22.4. The first kappa shape index (κ1) is 19.9. The quantitative estimate of drug-likeness (QED) is 0.534. The lowest BCUT2D eigenvalue weighted by molar-refractivity contribution is -0.121. The van der Waals surface area contributed by atoms with Gasteiger partial charge in [-0.25, -0.2) is 4.98 Å². The van der Waals surface area contributed by atoms with Crippen molar-refractivity contribution in [3.05, 3.63) is 53.7 Å². The molecular formula is C24H23N7O2. The second-order valence-corrected chi connectivity index (χ2v) is 8.94. The third-order valence-corrected chi connectivity index (χ3v) is 6.75. The first-order valence-corrected chi connectivity index (χ1v) is 11.3. The Labute approximate surface area is 190 Å². The van der Waals surface area contributed by atoms with Gasteiger partial charge in [-0.2, -0.15) is 10.1 Å². The van der Waals surface area contributed by atoms with E-state index in [9.17, 15) is 9.90 Å². The number of hydrogen-bond donors (Lipinski definition) is 3. The van der Waals surface area contributed by atoms with E-state index in [0.29, 0.717) is 29.6 Å². The number of fused-ring (bicyclic) bond motifs is 2. The average molecular weight is 441 g/mol. The minimum atomic E-state index is -0.466. The molecule has 1 amide bonds. The van der Waals surface area contributed by atoms with E-state index in [4.69, 9.17) is 4.98 Å². The third kappa shape index (κ3) is 3.43. The Bertz CT molecular complexity index is 1270. The Hall–Kier alpha value is -3.77. The minimum absolute atomic E-state index is 0.0300. The number of carbonyl (C=O) groups is 1. The second-order valence-electron chi connectivity index (χ2n) is 8.94. The van der Waals surface area contributed by atoms with Crippen LogP contribution in [0.3, 0.4) is 0 Å². The van der Waals surface area contributed by atoms with E-state index in [1.165, 1.54) is 0 Å². The number of aliphatic hydroxyl groups excluding tert-OH is 1. The Kier molecular flexibility index (Phi) is 4.62. The standard InChI is InChI=1S/C24H23N7O2/c32-17-5-1-4-16(11-17)31-21-18(24(8-9-24)22(31)33)13-26-23(29-21)28-20-14-27-30-19(20)7-6-15-3-2-10-25-12-15/h2-3,10,12-14,16-17,32H,1,4-5,8-9,11H2,(H,27,30)(H,26,28,29)/t16-,17-/m1/s1. The van der Waals surface area contributed by atoms with E-state index in [2.05, 4.69) is 37.3 Å². The fraction of sp³-hybridized carbons (Fsp3) is 0.375. The van der Waals surface area contributed by atoms with Crippen molar-refractivity contribution in [3.63, 3.8) is 0 Å². The summed E-state index contributed by atoms with van der Waals surface area (Å²) in [6, 6.07) is 3.69. The molecule has 1 aliphatic heterocycles. The van der Waals surface area contributed by atoms with Gasteiger partial charge in [-0.05, 0) is 56.6 Å². The number of nitrogens with one attached hydrogen (secondary N) is 2. The highest BCUT2D eigenvalue weighted by Crippen LogP contribution is 2.57. The number of rotatable bonds is 3. The second kappa shape index (κ2) is 7.67. The van der Waals surface area contributed by atoms with Crippen LogP contribution >= 0.6 is 0 Å². The first-order chi connectivity index (χ1) is 16.1. The highest BCUT2D eigenvalue weighted by atomic mass is 16.3. The van der Waals surface area contributed by atoms with E-state index < -0.39 is 5.41 Å². The predicted molar refractivity (Wildman–Crippen MR) is 121 cm³/mol. The van der Waals surface area contributed by atoms with Crippen LogP contribution in [-0.4, -0.2) is 48.3 Å². The van der Waals surface area contributed by atoms with Gasteiger partial charge < -0.3 is 10.4 Å². The highest BCUT2D eigenvalue weighted by Gasteiger charge is 2.61. The van der Waals surface area contributed by atoms with Crippen LogP contribution < -0.4 is 10.2 Å². The van der Waals surface area contributed by atoms with Crippen LogP contribution in [0.2, 0.25) is 0 Å². The smallest absolute Gasteiger partial charge is 0.239 e. The van der Waals surface area contributed by atoms with Gasteiger partial charge in [0.2, 0.25) is 11.9 Å². The molecule has 2 saturated carbocycles. The van der Waals surface area contributed by atoms with Gasteiger partial charge in [0.05, 0.1) is 23.4 Å². The number of amides is 1. The van der Waals surface area contributed by atoms with Gasteiger partial charge in [-0.3, -0.25) is 19.8 Å². The molecule has 0 bridgehead atoms. The van der Waals surface area contributed by atoms with Crippen LogP contribution in [-0.2, 0) is 10.2 Å². The molecule has 0 aromatic carbocycles. The summed E-state index contributed by atoms with van der Waals surface area (Å²) in [7, 11) is 0. The number of hydrogen-bond acceptors (Lipinski definition) is 7. The summed E-state index contributed by atoms with van der Waals surface area (Å²) < 4.78 is 0. The molecule has 3 aromatic heterocycles. The van der Waals surface area contributed by atoms with Gasteiger partial charge in [-0.1, -0.05) is 5.92 Å². The molecule has 0 unspecified atom stereocenters. The van der Waals surface area contributed by atoms with Gasteiger partial charge in [0.1, 0.15) is 11.5 Å². The molecule has 3 aromatic rings. The molecule has 0 saturated heterocycles. The molecule has 3 aliphatic rings. The Balaban J connectivity index is 1.30. The number of aromatic amines is 1. The molecule has 1 spiro atoms. The van der Waals surface area contributed by atoms with Crippen molar-refractivity contribution >= 4 is 23.4 Å². The molecule has 4 heterocycles. The minimum Gasteiger partial charge on any atom is -0.393 e. The summed E-state index contributed by atoms with van der Waals surface area (Å²) in [5.41, 5.74) is 2.49. The lowest BCUT2D eigenvalue weighted by Crippen LogP contribution is -2.44. The number of aliphatic hydroxyl groups is 1. The average Bonchev–Trinajstić information content (AvgIpc) is 3.46. The Morgan fingerprint density at radius 1 is 1.21 bits per heavy atom. The molecule has 166 valence electrons. The van der Waals surface area contributed by atoms with Crippen LogP contribution in [0.4, 0.5) is 17.5 Å². The topological polar surface area (TPSA) is 120 Å². The third-order valence-electron chi connectivity index (χ3n) is 6.75. The molecular weight excluding hydrogens is 418 g/mol. The summed E-state index contributed by atoms with van der Waals surface area (Å²) >= 11 is 0. The molecule has 9 heteroatoms. The fourth-order valence-electron chi connectivity index (χ4n) is 4.88. The monoisotopic (exact) mass is 441 g/mol. The van der Waals surface area contributed by atoms with Crippen molar-refractivity contribution < 1.29 is 9.90 Å². The van der Waals surface area contributed by atoms with Crippen LogP contribution in [0, 0.1) is 11.8 Å². The van der Waals surface area contributed by atoms with Gasteiger partial charge >= 0.3 is 0 Å².